The zero-order valence-corrected chi connectivity index (χ0v) is 18.0. The second-order valence-electron chi connectivity index (χ2n) is 6.77. The number of ether oxygens (including phenoxy) is 1. The Morgan fingerprint density at radius 2 is 1.96 bits per heavy atom. The fraction of sp³-hybridized carbons (Fsp3) is 0.611. The molecule has 1 rings (SSSR count). The predicted octanol–water partition coefficient (Wildman–Crippen LogP) is 5.34. The lowest BCUT2D eigenvalue weighted by molar-refractivity contribution is 0.0257. The molecule has 0 atom stereocenters. The number of amides is 1. The Morgan fingerprint density at radius 1 is 1.29 bits per heavy atom. The fourth-order valence-corrected chi connectivity index (χ4v) is 3.27. The number of carbonyl (C=O) groups excluding carboxylic acids is 1. The van der Waals surface area contributed by atoms with Crippen LogP contribution in [0.4, 0.5) is 4.79 Å². The first kappa shape index (κ1) is 21.3. The van der Waals surface area contributed by atoms with Gasteiger partial charge in [0, 0.05) is 29.0 Å². The van der Waals surface area contributed by atoms with Crippen LogP contribution in [0, 0.1) is 6.92 Å². The largest absolute Gasteiger partial charge is 0.444 e. The Morgan fingerprint density at radius 3 is 2.50 bits per heavy atom. The zero-order chi connectivity index (χ0) is 18.3. The highest BCUT2D eigenvalue weighted by Crippen LogP contribution is 2.26. The zero-order valence-electron chi connectivity index (χ0n) is 15.6. The van der Waals surface area contributed by atoms with E-state index in [0.717, 1.165) is 17.4 Å². The van der Waals surface area contributed by atoms with E-state index in [0.29, 0.717) is 13.1 Å². The Balaban J connectivity index is 2.41. The number of nitrogens with zero attached hydrogens (tertiary/aromatic N) is 2. The lowest BCUT2D eigenvalue weighted by Gasteiger charge is -2.27. The van der Waals surface area contributed by atoms with E-state index < -0.39 is 5.60 Å². The second-order valence-corrected chi connectivity index (χ2v) is 8.90. The minimum Gasteiger partial charge on any atom is -0.444 e. The summed E-state index contributed by atoms with van der Waals surface area (Å²) in [6.45, 7) is 12.0. The van der Waals surface area contributed by atoms with Crippen molar-refractivity contribution in [2.75, 3.05) is 26.7 Å². The lowest BCUT2D eigenvalue weighted by atomic mass is 10.2. The predicted molar refractivity (Wildman–Crippen MR) is 105 cm³/mol. The van der Waals surface area contributed by atoms with Gasteiger partial charge in [0.1, 0.15) is 5.60 Å². The molecule has 0 saturated heterocycles. The molecule has 0 N–H and O–H groups in total. The molecule has 1 amide bonds. The van der Waals surface area contributed by atoms with E-state index in [1.807, 2.05) is 27.7 Å². The van der Waals surface area contributed by atoms with Gasteiger partial charge in [0.2, 0.25) is 0 Å². The van der Waals surface area contributed by atoms with Gasteiger partial charge in [0.25, 0.3) is 0 Å². The molecule has 0 unspecified atom stereocenters. The van der Waals surface area contributed by atoms with Crippen LogP contribution < -0.4 is 0 Å². The monoisotopic (exact) mass is 416 g/mol. The Hall–Kier alpha value is -0.720. The maximum absolute atomic E-state index is 12.1. The summed E-state index contributed by atoms with van der Waals surface area (Å²) in [6, 6.07) is 6.36. The van der Waals surface area contributed by atoms with Crippen LogP contribution in [0.1, 0.15) is 39.7 Å². The SMILES string of the molecule is CCN(CCCN(C)Sc1ccc(Br)c(C)c1)C(=O)OC(C)(C)C. The van der Waals surface area contributed by atoms with Crippen molar-refractivity contribution in [3.05, 3.63) is 28.2 Å². The third-order valence-corrected chi connectivity index (χ3v) is 5.17. The number of carbonyl (C=O) groups is 1. The van der Waals surface area contributed by atoms with Crippen molar-refractivity contribution in [3.8, 4) is 0 Å². The molecular formula is C18H29BrN2O2S. The Labute approximate surface area is 159 Å². The van der Waals surface area contributed by atoms with Crippen molar-refractivity contribution in [2.24, 2.45) is 0 Å². The third kappa shape index (κ3) is 7.90. The summed E-state index contributed by atoms with van der Waals surface area (Å²) in [5.74, 6) is 0. The van der Waals surface area contributed by atoms with Gasteiger partial charge in [0.15, 0.2) is 0 Å². The fourth-order valence-electron chi connectivity index (χ4n) is 2.09. The Kier molecular flexibility index (Phi) is 8.60. The van der Waals surface area contributed by atoms with E-state index in [9.17, 15) is 4.79 Å². The molecule has 0 heterocycles. The summed E-state index contributed by atoms with van der Waals surface area (Å²) < 4.78 is 8.76. The van der Waals surface area contributed by atoms with Gasteiger partial charge in [-0.1, -0.05) is 15.9 Å². The quantitative estimate of drug-likeness (QED) is 0.561. The second kappa shape index (κ2) is 9.68. The van der Waals surface area contributed by atoms with Crippen molar-refractivity contribution in [3.63, 3.8) is 0 Å². The van der Waals surface area contributed by atoms with Crippen LogP contribution in [0.25, 0.3) is 0 Å². The van der Waals surface area contributed by atoms with Crippen LogP contribution in [0.2, 0.25) is 0 Å². The summed E-state index contributed by atoms with van der Waals surface area (Å²) >= 11 is 5.25. The molecule has 0 saturated carbocycles. The summed E-state index contributed by atoms with van der Waals surface area (Å²) in [4.78, 5) is 15.1. The van der Waals surface area contributed by atoms with Gasteiger partial charge >= 0.3 is 6.09 Å². The molecule has 136 valence electrons. The molecule has 0 aromatic heterocycles. The number of benzene rings is 1. The molecule has 0 fully saturated rings. The summed E-state index contributed by atoms with van der Waals surface area (Å²) in [5.41, 5.74) is 0.784. The van der Waals surface area contributed by atoms with E-state index in [4.69, 9.17) is 4.74 Å². The average molecular weight is 417 g/mol. The Bertz CT molecular complexity index is 546. The van der Waals surface area contributed by atoms with Gasteiger partial charge in [0.05, 0.1) is 0 Å². The van der Waals surface area contributed by atoms with Crippen LogP contribution in [0.3, 0.4) is 0 Å². The third-order valence-electron chi connectivity index (χ3n) is 3.33. The van der Waals surface area contributed by atoms with Gasteiger partial charge in [-0.2, -0.15) is 0 Å². The van der Waals surface area contributed by atoms with Crippen LogP contribution in [0.5, 0.6) is 0 Å². The molecule has 0 aliphatic rings. The number of hydrogen-bond acceptors (Lipinski definition) is 4. The van der Waals surface area contributed by atoms with E-state index >= 15 is 0 Å². The molecule has 6 heteroatoms. The van der Waals surface area contributed by atoms with Gasteiger partial charge in [-0.05, 0) is 83.8 Å². The molecule has 0 bridgehead atoms. The number of hydrogen-bond donors (Lipinski definition) is 0. The van der Waals surface area contributed by atoms with Gasteiger partial charge < -0.3 is 9.64 Å². The molecule has 0 aliphatic heterocycles. The van der Waals surface area contributed by atoms with Crippen molar-refractivity contribution in [1.82, 2.24) is 9.21 Å². The van der Waals surface area contributed by atoms with Crippen molar-refractivity contribution in [2.45, 2.75) is 51.5 Å². The first-order chi connectivity index (χ1) is 11.1. The van der Waals surface area contributed by atoms with E-state index in [-0.39, 0.29) is 6.09 Å². The first-order valence-electron chi connectivity index (χ1n) is 8.25. The van der Waals surface area contributed by atoms with Crippen LogP contribution >= 0.6 is 27.9 Å². The molecule has 24 heavy (non-hydrogen) atoms. The van der Waals surface area contributed by atoms with Crippen molar-refractivity contribution >= 4 is 34.0 Å². The topological polar surface area (TPSA) is 32.8 Å². The summed E-state index contributed by atoms with van der Waals surface area (Å²) in [6.07, 6.45) is 0.676. The first-order valence-corrected chi connectivity index (χ1v) is 9.82. The van der Waals surface area contributed by atoms with E-state index in [1.54, 1.807) is 16.8 Å². The smallest absolute Gasteiger partial charge is 0.410 e. The summed E-state index contributed by atoms with van der Waals surface area (Å²) in [5, 5.41) is 0. The molecule has 1 aromatic rings. The van der Waals surface area contributed by atoms with Crippen LogP contribution in [-0.4, -0.2) is 47.6 Å². The standard InChI is InChI=1S/C18H29BrN2O2S/c1-7-21(17(22)23-18(3,4)5)12-8-11-20(6)24-15-9-10-16(19)14(2)13-15/h9-10,13H,7-8,11-12H2,1-6H3. The number of rotatable bonds is 7. The number of aryl methyl sites for hydroxylation is 1. The summed E-state index contributed by atoms with van der Waals surface area (Å²) in [7, 11) is 2.08. The van der Waals surface area contributed by atoms with Crippen molar-refractivity contribution in [1.29, 1.82) is 0 Å². The lowest BCUT2D eigenvalue weighted by Crippen LogP contribution is -2.37. The maximum atomic E-state index is 12.1. The van der Waals surface area contributed by atoms with Gasteiger partial charge in [-0.3, -0.25) is 0 Å². The minimum absolute atomic E-state index is 0.233. The minimum atomic E-state index is -0.448. The van der Waals surface area contributed by atoms with Crippen molar-refractivity contribution < 1.29 is 9.53 Å². The molecular weight excluding hydrogens is 388 g/mol. The van der Waals surface area contributed by atoms with Gasteiger partial charge in [-0.25, -0.2) is 9.10 Å². The van der Waals surface area contributed by atoms with Gasteiger partial charge in [-0.15, -0.1) is 0 Å². The highest BCUT2D eigenvalue weighted by molar-refractivity contribution is 9.10. The molecule has 0 radical (unpaired) electrons. The van der Waals surface area contributed by atoms with Crippen LogP contribution in [0.15, 0.2) is 27.6 Å². The molecule has 1 aromatic carbocycles. The molecule has 0 aliphatic carbocycles. The molecule has 0 spiro atoms. The molecule has 4 nitrogen and oxygen atoms in total. The van der Waals surface area contributed by atoms with E-state index in [2.05, 4.69) is 52.4 Å². The highest BCUT2D eigenvalue weighted by Gasteiger charge is 2.20. The normalized spacial score (nSPS) is 11.7. The maximum Gasteiger partial charge on any atom is 0.410 e. The van der Waals surface area contributed by atoms with Crippen LogP contribution in [-0.2, 0) is 4.74 Å². The highest BCUT2D eigenvalue weighted by atomic mass is 79.9. The number of halogens is 1. The van der Waals surface area contributed by atoms with E-state index in [1.165, 1.54) is 10.5 Å². The average Bonchev–Trinajstić information content (AvgIpc) is 2.45.